The van der Waals surface area contributed by atoms with Crippen molar-refractivity contribution >= 4 is 23.2 Å². The highest BCUT2D eigenvalue weighted by Crippen LogP contribution is 2.34. The first-order chi connectivity index (χ1) is 9.17. The van der Waals surface area contributed by atoms with Gasteiger partial charge in [-0.2, -0.15) is 0 Å². The molecule has 0 heterocycles. The molecule has 1 atom stereocenters. The molecule has 1 aromatic rings. The van der Waals surface area contributed by atoms with Gasteiger partial charge in [-0.15, -0.1) is 0 Å². The van der Waals surface area contributed by atoms with Gasteiger partial charge in [0.15, 0.2) is 0 Å². The van der Waals surface area contributed by atoms with E-state index in [4.69, 9.17) is 28.9 Å². The third kappa shape index (κ3) is 3.43. The van der Waals surface area contributed by atoms with E-state index in [1.807, 2.05) is 18.2 Å². The average molecular weight is 301 g/mol. The Morgan fingerprint density at radius 2 is 2.00 bits per heavy atom. The van der Waals surface area contributed by atoms with Gasteiger partial charge in [0, 0.05) is 28.7 Å². The van der Waals surface area contributed by atoms with Gasteiger partial charge in [-0.1, -0.05) is 49.0 Å². The molecule has 0 saturated heterocycles. The first-order valence-electron chi connectivity index (χ1n) is 7.08. The summed E-state index contributed by atoms with van der Waals surface area (Å²) < 4.78 is 0. The lowest BCUT2D eigenvalue weighted by atomic mass is 10.0. The summed E-state index contributed by atoms with van der Waals surface area (Å²) in [7, 11) is 0. The van der Waals surface area contributed by atoms with Gasteiger partial charge >= 0.3 is 0 Å². The fraction of sp³-hybridized carbons (Fsp3) is 0.600. The molecule has 19 heavy (non-hydrogen) atoms. The number of rotatable bonds is 5. The first-order valence-corrected chi connectivity index (χ1v) is 7.83. The van der Waals surface area contributed by atoms with Crippen molar-refractivity contribution in [2.45, 2.75) is 44.7 Å². The summed E-state index contributed by atoms with van der Waals surface area (Å²) in [4.78, 5) is 2.50. The molecule has 0 radical (unpaired) electrons. The number of hydrogen-bond donors (Lipinski definition) is 1. The predicted molar refractivity (Wildman–Crippen MR) is 82.9 cm³/mol. The maximum Gasteiger partial charge on any atom is 0.0488 e. The van der Waals surface area contributed by atoms with E-state index >= 15 is 0 Å². The Morgan fingerprint density at radius 1 is 1.32 bits per heavy atom. The first kappa shape index (κ1) is 15.1. The Kier molecular flexibility index (Phi) is 5.52. The highest BCUT2D eigenvalue weighted by Gasteiger charge is 2.28. The van der Waals surface area contributed by atoms with Crippen molar-refractivity contribution in [2.75, 3.05) is 13.1 Å². The minimum absolute atomic E-state index is 0.192. The van der Waals surface area contributed by atoms with Crippen molar-refractivity contribution in [3.63, 3.8) is 0 Å². The van der Waals surface area contributed by atoms with Crippen LogP contribution in [0.25, 0.3) is 0 Å². The summed E-state index contributed by atoms with van der Waals surface area (Å²) in [6.07, 6.45) is 5.20. The molecule has 0 bridgehead atoms. The van der Waals surface area contributed by atoms with E-state index in [0.717, 1.165) is 17.1 Å². The Morgan fingerprint density at radius 3 is 2.53 bits per heavy atom. The van der Waals surface area contributed by atoms with Crippen LogP contribution in [0.5, 0.6) is 0 Å². The van der Waals surface area contributed by atoms with Crippen LogP contribution >= 0.6 is 23.2 Å². The average Bonchev–Trinajstić information content (AvgIpc) is 2.90. The van der Waals surface area contributed by atoms with Crippen molar-refractivity contribution in [1.29, 1.82) is 0 Å². The Balaban J connectivity index is 2.26. The van der Waals surface area contributed by atoms with Crippen LogP contribution in [0.4, 0.5) is 0 Å². The molecule has 2 nitrogen and oxygen atoms in total. The molecule has 0 aromatic heterocycles. The fourth-order valence-electron chi connectivity index (χ4n) is 3.18. The van der Waals surface area contributed by atoms with Crippen LogP contribution in [0.1, 0.15) is 44.2 Å². The summed E-state index contributed by atoms with van der Waals surface area (Å²) in [5, 5.41) is 1.40. The van der Waals surface area contributed by atoms with Crippen LogP contribution in [-0.4, -0.2) is 24.0 Å². The van der Waals surface area contributed by atoms with Gasteiger partial charge in [0.2, 0.25) is 0 Å². The highest BCUT2D eigenvalue weighted by atomic mass is 35.5. The third-order valence-corrected chi connectivity index (χ3v) is 4.67. The molecule has 106 valence electrons. The molecule has 0 aliphatic heterocycles. The van der Waals surface area contributed by atoms with E-state index in [2.05, 4.69) is 11.8 Å². The van der Waals surface area contributed by atoms with Gasteiger partial charge in [-0.25, -0.2) is 0 Å². The minimum atomic E-state index is 0.192. The normalized spacial score (nSPS) is 18.2. The van der Waals surface area contributed by atoms with Gasteiger partial charge in [-0.3, -0.25) is 4.90 Å². The van der Waals surface area contributed by atoms with Crippen molar-refractivity contribution in [3.05, 3.63) is 33.8 Å². The van der Waals surface area contributed by atoms with Crippen molar-refractivity contribution in [1.82, 2.24) is 4.90 Å². The molecule has 0 amide bonds. The number of benzene rings is 1. The predicted octanol–water partition coefficient (Wildman–Crippen LogP) is 4.26. The summed E-state index contributed by atoms with van der Waals surface area (Å²) in [5.74, 6) is 0. The van der Waals surface area contributed by atoms with Gasteiger partial charge in [0.05, 0.1) is 0 Å². The van der Waals surface area contributed by atoms with E-state index in [9.17, 15) is 0 Å². The summed E-state index contributed by atoms with van der Waals surface area (Å²) in [6.45, 7) is 3.79. The lowest BCUT2D eigenvalue weighted by Gasteiger charge is -2.35. The smallest absolute Gasteiger partial charge is 0.0488 e. The molecule has 2 rings (SSSR count). The van der Waals surface area contributed by atoms with Crippen molar-refractivity contribution in [3.8, 4) is 0 Å². The van der Waals surface area contributed by atoms with Gasteiger partial charge in [0.1, 0.15) is 0 Å². The minimum Gasteiger partial charge on any atom is -0.329 e. The number of nitrogens with two attached hydrogens (primary N) is 1. The Bertz CT molecular complexity index is 417. The maximum absolute atomic E-state index is 6.34. The molecular weight excluding hydrogens is 279 g/mol. The summed E-state index contributed by atoms with van der Waals surface area (Å²) >= 11 is 12.3. The van der Waals surface area contributed by atoms with Crippen LogP contribution in [0.15, 0.2) is 18.2 Å². The number of halogens is 2. The molecular formula is C15H22Cl2N2. The second-order valence-electron chi connectivity index (χ2n) is 5.19. The topological polar surface area (TPSA) is 29.3 Å². The monoisotopic (exact) mass is 300 g/mol. The highest BCUT2D eigenvalue weighted by molar-refractivity contribution is 6.35. The van der Waals surface area contributed by atoms with E-state index in [-0.39, 0.29) is 6.04 Å². The van der Waals surface area contributed by atoms with Crippen LogP contribution in [0.2, 0.25) is 10.0 Å². The van der Waals surface area contributed by atoms with Crippen LogP contribution < -0.4 is 5.73 Å². The molecule has 0 spiro atoms. The summed E-state index contributed by atoms with van der Waals surface area (Å²) in [6, 6.07) is 6.56. The van der Waals surface area contributed by atoms with Gasteiger partial charge in [-0.05, 0) is 37.1 Å². The van der Waals surface area contributed by atoms with Crippen molar-refractivity contribution < 1.29 is 0 Å². The number of likely N-dealkylation sites (N-methyl/N-ethyl adjacent to an activating group) is 1. The van der Waals surface area contributed by atoms with E-state index < -0.39 is 0 Å². The molecule has 4 heteroatoms. The number of nitrogens with zero attached hydrogens (tertiary/aromatic N) is 1. The Labute approximate surface area is 125 Å². The molecule has 1 saturated carbocycles. The lowest BCUT2D eigenvalue weighted by molar-refractivity contribution is 0.147. The van der Waals surface area contributed by atoms with Gasteiger partial charge in [0.25, 0.3) is 0 Å². The Hall–Kier alpha value is -0.280. The van der Waals surface area contributed by atoms with Crippen molar-refractivity contribution in [2.24, 2.45) is 5.73 Å². The largest absolute Gasteiger partial charge is 0.329 e. The third-order valence-electron chi connectivity index (χ3n) is 4.10. The molecule has 1 aromatic carbocycles. The zero-order valence-electron chi connectivity index (χ0n) is 11.4. The quantitative estimate of drug-likeness (QED) is 0.880. The second kappa shape index (κ2) is 6.94. The molecule has 1 aliphatic rings. The summed E-state index contributed by atoms with van der Waals surface area (Å²) in [5.41, 5.74) is 7.12. The fourth-order valence-corrected chi connectivity index (χ4v) is 3.72. The molecule has 1 unspecified atom stereocenters. The lowest BCUT2D eigenvalue weighted by Crippen LogP contribution is -2.40. The van der Waals surface area contributed by atoms with Gasteiger partial charge < -0.3 is 5.73 Å². The standard InChI is InChI=1S/C15H22Cl2N2/c1-2-19(12-5-3-4-6-12)15(10-18)13-8-7-11(16)9-14(13)17/h7-9,12,15H,2-6,10,18H2,1H3. The second-order valence-corrected chi connectivity index (χ2v) is 6.03. The molecule has 1 aliphatic carbocycles. The zero-order chi connectivity index (χ0) is 13.8. The van der Waals surface area contributed by atoms with E-state index in [1.54, 1.807) is 0 Å². The van der Waals surface area contributed by atoms with E-state index in [0.29, 0.717) is 17.6 Å². The van der Waals surface area contributed by atoms with Crippen LogP contribution in [-0.2, 0) is 0 Å². The SMILES string of the molecule is CCN(C1CCCC1)C(CN)c1ccc(Cl)cc1Cl. The zero-order valence-corrected chi connectivity index (χ0v) is 12.9. The maximum atomic E-state index is 6.34. The molecule has 2 N–H and O–H groups in total. The van der Waals surface area contributed by atoms with Crippen LogP contribution in [0.3, 0.4) is 0 Å². The van der Waals surface area contributed by atoms with E-state index in [1.165, 1.54) is 25.7 Å². The molecule has 1 fully saturated rings. The van der Waals surface area contributed by atoms with Crippen LogP contribution in [0, 0.1) is 0 Å². The number of hydrogen-bond acceptors (Lipinski definition) is 2.